The van der Waals surface area contributed by atoms with Crippen LogP contribution in [0.3, 0.4) is 0 Å². The first-order chi connectivity index (χ1) is 14.5. The third-order valence-electron chi connectivity index (χ3n) is 4.53. The van der Waals surface area contributed by atoms with Gasteiger partial charge in [0.25, 0.3) is 0 Å². The molecule has 1 amide bonds. The average molecular weight is 437 g/mol. The van der Waals surface area contributed by atoms with Gasteiger partial charge in [-0.1, -0.05) is 0 Å². The Morgan fingerprint density at radius 1 is 1.26 bits per heavy atom. The second-order valence-electron chi connectivity index (χ2n) is 7.50. The summed E-state index contributed by atoms with van der Waals surface area (Å²) in [6.45, 7) is 1.15. The number of hydrogen-bond acceptors (Lipinski definition) is 6. The molecule has 0 spiro atoms. The summed E-state index contributed by atoms with van der Waals surface area (Å²) < 4.78 is 42.6. The van der Waals surface area contributed by atoms with Gasteiger partial charge >= 0.3 is 6.18 Å². The Bertz CT molecular complexity index is 1080. The SMILES string of the molecule is COc1cnc2[nH]cc(-c3cncc(N[C@@H](C(=O)NCC(F)(F)F)C(C)(C)O)c3)c2c1. The van der Waals surface area contributed by atoms with Crippen LogP contribution in [0.1, 0.15) is 13.8 Å². The van der Waals surface area contributed by atoms with Crippen LogP contribution in [0.15, 0.2) is 36.9 Å². The number of fused-ring (bicyclic) bond motifs is 1. The number of aromatic amines is 1. The molecule has 0 bridgehead atoms. The zero-order valence-electron chi connectivity index (χ0n) is 17.0. The largest absolute Gasteiger partial charge is 0.495 e. The summed E-state index contributed by atoms with van der Waals surface area (Å²) in [5.41, 5.74) is 0.756. The van der Waals surface area contributed by atoms with E-state index in [1.807, 2.05) is 0 Å². The lowest BCUT2D eigenvalue weighted by atomic mass is 9.97. The number of anilines is 1. The average Bonchev–Trinajstić information content (AvgIpc) is 3.12. The summed E-state index contributed by atoms with van der Waals surface area (Å²) in [6.07, 6.45) is 1.75. The van der Waals surface area contributed by atoms with Gasteiger partial charge in [-0.05, 0) is 26.0 Å². The fourth-order valence-electron chi connectivity index (χ4n) is 3.02. The van der Waals surface area contributed by atoms with E-state index in [1.54, 1.807) is 36.0 Å². The van der Waals surface area contributed by atoms with Crippen molar-refractivity contribution in [3.8, 4) is 16.9 Å². The zero-order chi connectivity index (χ0) is 22.8. The number of rotatable bonds is 7. The lowest BCUT2D eigenvalue weighted by molar-refractivity contribution is -0.141. The molecule has 0 aliphatic rings. The molecular formula is C20H22F3N5O3. The van der Waals surface area contributed by atoms with Gasteiger partial charge in [0.05, 0.1) is 24.6 Å². The number of H-pyrrole nitrogens is 1. The molecule has 0 saturated carbocycles. The van der Waals surface area contributed by atoms with E-state index in [-0.39, 0.29) is 0 Å². The first-order valence-corrected chi connectivity index (χ1v) is 9.28. The number of methoxy groups -OCH3 is 1. The van der Waals surface area contributed by atoms with Crippen LogP contribution in [0.25, 0.3) is 22.2 Å². The van der Waals surface area contributed by atoms with Crippen LogP contribution in [-0.2, 0) is 4.79 Å². The number of ether oxygens (including phenoxy) is 1. The highest BCUT2D eigenvalue weighted by atomic mass is 19.4. The van der Waals surface area contributed by atoms with Crippen molar-refractivity contribution in [2.45, 2.75) is 31.7 Å². The maximum absolute atomic E-state index is 12.5. The summed E-state index contributed by atoms with van der Waals surface area (Å²) in [5, 5.41) is 15.7. The van der Waals surface area contributed by atoms with Crippen molar-refractivity contribution in [1.29, 1.82) is 0 Å². The number of pyridine rings is 2. The molecule has 0 fully saturated rings. The third-order valence-corrected chi connectivity index (χ3v) is 4.53. The number of halogens is 3. The van der Waals surface area contributed by atoms with Gasteiger partial charge in [-0.25, -0.2) is 4.98 Å². The fourth-order valence-corrected chi connectivity index (χ4v) is 3.02. The lowest BCUT2D eigenvalue weighted by Gasteiger charge is -2.30. The van der Waals surface area contributed by atoms with Crippen LogP contribution in [0.5, 0.6) is 5.75 Å². The van der Waals surface area contributed by atoms with Gasteiger partial charge in [-0.2, -0.15) is 13.2 Å². The Kier molecular flexibility index (Phi) is 6.07. The van der Waals surface area contributed by atoms with Crippen molar-refractivity contribution < 1.29 is 27.8 Å². The summed E-state index contributed by atoms with van der Waals surface area (Å²) >= 11 is 0. The lowest BCUT2D eigenvalue weighted by Crippen LogP contribution is -2.53. The van der Waals surface area contributed by atoms with Crippen molar-refractivity contribution in [3.05, 3.63) is 36.9 Å². The third kappa shape index (κ3) is 5.43. The summed E-state index contributed by atoms with van der Waals surface area (Å²) in [7, 11) is 1.53. The highest BCUT2D eigenvalue weighted by Gasteiger charge is 2.36. The highest BCUT2D eigenvalue weighted by molar-refractivity contribution is 5.94. The van der Waals surface area contributed by atoms with E-state index in [0.29, 0.717) is 22.6 Å². The monoisotopic (exact) mass is 437 g/mol. The van der Waals surface area contributed by atoms with E-state index in [2.05, 4.69) is 20.3 Å². The molecule has 0 aliphatic heterocycles. The second kappa shape index (κ2) is 8.42. The number of nitrogens with zero attached hydrogens (tertiary/aromatic N) is 2. The molecule has 3 rings (SSSR count). The standard InChI is InChI=1S/C20H22F3N5O3/c1-19(2,30)16(18(29)27-10-20(21,22)23)28-12-4-11(6-24-7-12)15-9-26-17-14(15)5-13(31-3)8-25-17/h4-9,16,28,30H,10H2,1-3H3,(H,25,26)(H,27,29)/t16-/m0/s1. The molecule has 0 saturated heterocycles. The van der Waals surface area contributed by atoms with Crippen LogP contribution < -0.4 is 15.4 Å². The molecule has 166 valence electrons. The fraction of sp³-hybridized carbons (Fsp3) is 0.350. The van der Waals surface area contributed by atoms with E-state index < -0.39 is 30.3 Å². The predicted octanol–water partition coefficient (Wildman–Crippen LogP) is 2.86. The number of carbonyl (C=O) groups excluding carboxylic acids is 1. The molecule has 31 heavy (non-hydrogen) atoms. The van der Waals surface area contributed by atoms with Gasteiger partial charge in [0.2, 0.25) is 5.91 Å². The summed E-state index contributed by atoms with van der Waals surface area (Å²) in [4.78, 5) is 23.8. The quantitative estimate of drug-likeness (QED) is 0.452. The highest BCUT2D eigenvalue weighted by Crippen LogP contribution is 2.31. The molecule has 4 N–H and O–H groups in total. The number of hydrogen-bond donors (Lipinski definition) is 4. The van der Waals surface area contributed by atoms with Crippen LogP contribution in [-0.4, -0.2) is 57.4 Å². The number of amides is 1. The minimum absolute atomic E-state index is 0.344. The Morgan fingerprint density at radius 3 is 2.65 bits per heavy atom. The molecule has 11 heteroatoms. The Hall–Kier alpha value is -3.34. The molecule has 8 nitrogen and oxygen atoms in total. The zero-order valence-corrected chi connectivity index (χ0v) is 17.0. The van der Waals surface area contributed by atoms with Crippen LogP contribution in [0, 0.1) is 0 Å². The van der Waals surface area contributed by atoms with Crippen LogP contribution in [0.4, 0.5) is 18.9 Å². The topological polar surface area (TPSA) is 112 Å². The van der Waals surface area contributed by atoms with Gasteiger partial charge in [0.1, 0.15) is 24.0 Å². The number of alkyl halides is 3. The number of aliphatic hydroxyl groups is 1. The van der Waals surface area contributed by atoms with Crippen molar-refractivity contribution in [1.82, 2.24) is 20.3 Å². The molecule has 1 atom stereocenters. The van der Waals surface area contributed by atoms with Gasteiger partial charge < -0.3 is 25.5 Å². The van der Waals surface area contributed by atoms with Crippen molar-refractivity contribution in [2.75, 3.05) is 19.0 Å². The predicted molar refractivity (Wildman–Crippen MR) is 109 cm³/mol. The molecule has 3 aromatic heterocycles. The number of nitrogens with one attached hydrogen (secondary N) is 3. The van der Waals surface area contributed by atoms with Crippen LogP contribution in [0.2, 0.25) is 0 Å². The van der Waals surface area contributed by atoms with Crippen molar-refractivity contribution >= 4 is 22.6 Å². The van der Waals surface area contributed by atoms with Gasteiger partial charge in [0.15, 0.2) is 0 Å². The summed E-state index contributed by atoms with van der Waals surface area (Å²) in [5.74, 6) is -0.421. The number of carbonyl (C=O) groups is 1. The Morgan fingerprint density at radius 2 is 2.00 bits per heavy atom. The molecule has 3 aromatic rings. The number of aromatic nitrogens is 3. The molecule has 0 radical (unpaired) electrons. The maximum atomic E-state index is 12.5. The van der Waals surface area contributed by atoms with E-state index >= 15 is 0 Å². The minimum Gasteiger partial charge on any atom is -0.495 e. The molecule has 0 unspecified atom stereocenters. The maximum Gasteiger partial charge on any atom is 0.405 e. The van der Waals surface area contributed by atoms with Crippen LogP contribution >= 0.6 is 0 Å². The molecule has 0 aliphatic carbocycles. The Balaban J connectivity index is 1.89. The first-order valence-electron chi connectivity index (χ1n) is 9.28. The second-order valence-corrected chi connectivity index (χ2v) is 7.50. The minimum atomic E-state index is -4.56. The Labute approximate surface area is 175 Å². The molecular weight excluding hydrogens is 415 g/mol. The molecule has 3 heterocycles. The normalized spacial score (nSPS) is 13.1. The van der Waals surface area contributed by atoms with Gasteiger partial charge in [-0.15, -0.1) is 0 Å². The molecule has 0 aromatic carbocycles. The van der Waals surface area contributed by atoms with E-state index in [0.717, 1.165) is 10.9 Å². The van der Waals surface area contributed by atoms with E-state index in [9.17, 15) is 23.1 Å². The first kappa shape index (κ1) is 22.3. The van der Waals surface area contributed by atoms with Crippen molar-refractivity contribution in [3.63, 3.8) is 0 Å². The van der Waals surface area contributed by atoms with Gasteiger partial charge in [0, 0.05) is 35.1 Å². The van der Waals surface area contributed by atoms with Gasteiger partial charge in [-0.3, -0.25) is 9.78 Å². The van der Waals surface area contributed by atoms with E-state index in [4.69, 9.17) is 4.74 Å². The van der Waals surface area contributed by atoms with Crippen molar-refractivity contribution in [2.24, 2.45) is 0 Å². The summed E-state index contributed by atoms with van der Waals surface area (Å²) in [6, 6.07) is 2.13. The smallest absolute Gasteiger partial charge is 0.405 e. The van der Waals surface area contributed by atoms with E-state index in [1.165, 1.54) is 27.2 Å².